The van der Waals surface area contributed by atoms with Crippen molar-refractivity contribution in [1.29, 1.82) is 0 Å². The Kier molecular flexibility index (Phi) is 7.33. The van der Waals surface area contributed by atoms with Crippen LogP contribution in [0.25, 0.3) is 10.8 Å². The van der Waals surface area contributed by atoms with Gasteiger partial charge in [-0.15, -0.1) is 6.42 Å². The molecule has 156 valence electrons. The van der Waals surface area contributed by atoms with Crippen LogP contribution in [0.1, 0.15) is 18.4 Å². The van der Waals surface area contributed by atoms with E-state index in [-0.39, 0.29) is 25.4 Å². The van der Waals surface area contributed by atoms with E-state index in [2.05, 4.69) is 21.8 Å². The van der Waals surface area contributed by atoms with Gasteiger partial charge in [0.05, 0.1) is 6.21 Å². The number of benzene rings is 3. The molecule has 0 aromatic heterocycles. The predicted molar refractivity (Wildman–Crippen MR) is 118 cm³/mol. The number of nitrogens with zero attached hydrogens (tertiary/aromatic N) is 1. The molecule has 2 N–H and O–H groups in total. The summed E-state index contributed by atoms with van der Waals surface area (Å²) < 4.78 is 18.5. The molecule has 0 fully saturated rings. The summed E-state index contributed by atoms with van der Waals surface area (Å²) in [6.45, 7) is 0.106. The smallest absolute Gasteiger partial charge is 0.240 e. The highest BCUT2D eigenvalue weighted by Crippen LogP contribution is 2.26. The Hall–Kier alpha value is -4.18. The van der Waals surface area contributed by atoms with Crippen molar-refractivity contribution >= 4 is 34.5 Å². The van der Waals surface area contributed by atoms with E-state index in [0.717, 1.165) is 10.8 Å². The maximum atomic E-state index is 12.9. The van der Waals surface area contributed by atoms with Crippen LogP contribution in [-0.2, 0) is 9.59 Å². The third-order valence-electron chi connectivity index (χ3n) is 4.33. The number of carbonyl (C=O) groups is 2. The van der Waals surface area contributed by atoms with Crippen LogP contribution >= 0.6 is 0 Å². The second-order valence-electron chi connectivity index (χ2n) is 6.54. The fourth-order valence-electron chi connectivity index (χ4n) is 2.86. The molecule has 0 aliphatic carbocycles. The van der Waals surface area contributed by atoms with Crippen LogP contribution < -0.4 is 15.5 Å². The first-order chi connectivity index (χ1) is 15.1. The fourth-order valence-corrected chi connectivity index (χ4v) is 2.86. The van der Waals surface area contributed by atoms with Crippen molar-refractivity contribution in [3.05, 3.63) is 72.0 Å². The number of hydrogen-bond acceptors (Lipinski definition) is 4. The van der Waals surface area contributed by atoms with Crippen LogP contribution in [0.3, 0.4) is 0 Å². The molecule has 3 aromatic rings. The first-order valence-corrected chi connectivity index (χ1v) is 9.52. The van der Waals surface area contributed by atoms with E-state index in [9.17, 15) is 14.0 Å². The summed E-state index contributed by atoms with van der Waals surface area (Å²) in [6.07, 6.45) is 6.67. The number of nitrogens with one attached hydrogen (secondary N) is 2. The van der Waals surface area contributed by atoms with Gasteiger partial charge >= 0.3 is 0 Å². The molecule has 0 atom stereocenters. The van der Waals surface area contributed by atoms with Gasteiger partial charge in [0.1, 0.15) is 18.2 Å². The number of anilines is 1. The van der Waals surface area contributed by atoms with Gasteiger partial charge in [0, 0.05) is 24.1 Å². The molecule has 0 spiro atoms. The van der Waals surface area contributed by atoms with Crippen LogP contribution in [-0.4, -0.2) is 24.6 Å². The minimum Gasteiger partial charge on any atom is -0.480 e. The molecule has 0 radical (unpaired) electrons. The Labute approximate surface area is 179 Å². The molecule has 0 saturated carbocycles. The van der Waals surface area contributed by atoms with Gasteiger partial charge in [-0.1, -0.05) is 36.3 Å². The van der Waals surface area contributed by atoms with Crippen molar-refractivity contribution in [1.82, 2.24) is 5.43 Å². The normalized spacial score (nSPS) is 10.6. The lowest BCUT2D eigenvalue weighted by molar-refractivity contribution is -0.124. The topological polar surface area (TPSA) is 79.8 Å². The monoisotopic (exact) mass is 417 g/mol. The predicted octanol–water partition coefficient (Wildman–Crippen LogP) is 3.86. The van der Waals surface area contributed by atoms with Crippen molar-refractivity contribution in [2.75, 3.05) is 11.9 Å². The Morgan fingerprint density at radius 3 is 2.55 bits per heavy atom. The van der Waals surface area contributed by atoms with E-state index >= 15 is 0 Å². The number of hydrazone groups is 1. The van der Waals surface area contributed by atoms with Crippen LogP contribution in [0, 0.1) is 18.2 Å². The lowest BCUT2D eigenvalue weighted by Gasteiger charge is -2.10. The second kappa shape index (κ2) is 10.6. The van der Waals surface area contributed by atoms with Gasteiger partial charge in [-0.25, -0.2) is 9.82 Å². The largest absolute Gasteiger partial charge is 0.480 e. The molecule has 0 aliphatic rings. The molecule has 2 amide bonds. The number of hydrogen-bond donors (Lipinski definition) is 2. The highest BCUT2D eigenvalue weighted by atomic mass is 19.1. The summed E-state index contributed by atoms with van der Waals surface area (Å²) in [6, 6.07) is 16.8. The van der Waals surface area contributed by atoms with Crippen molar-refractivity contribution in [3.63, 3.8) is 0 Å². The summed E-state index contributed by atoms with van der Waals surface area (Å²) in [5.74, 6) is 1.80. The standard InChI is InChI=1S/C24H20FN3O3/c1-2-15-31-22-12-7-17-5-3-4-6-20(17)21(22)16-26-28-24(30)14-13-23(29)27-19-10-8-18(25)9-11-19/h1,3-12,16H,13-15H2,(H,27,29)(H,28,30). The highest BCUT2D eigenvalue weighted by molar-refractivity contribution is 6.02. The maximum absolute atomic E-state index is 12.9. The van der Waals surface area contributed by atoms with E-state index in [1.54, 1.807) is 6.07 Å². The third-order valence-corrected chi connectivity index (χ3v) is 4.33. The van der Waals surface area contributed by atoms with Crippen LogP contribution in [0.15, 0.2) is 65.8 Å². The summed E-state index contributed by atoms with van der Waals surface area (Å²) in [7, 11) is 0. The number of carbonyl (C=O) groups excluding carboxylic acids is 2. The fraction of sp³-hybridized carbons (Fsp3) is 0.125. The number of terminal acetylenes is 1. The zero-order chi connectivity index (χ0) is 22.1. The lowest BCUT2D eigenvalue weighted by atomic mass is 10.0. The number of amides is 2. The van der Waals surface area contributed by atoms with E-state index in [1.165, 1.54) is 30.5 Å². The summed E-state index contributed by atoms with van der Waals surface area (Å²) in [5.41, 5.74) is 3.55. The molecule has 7 heteroatoms. The Balaban J connectivity index is 1.59. The molecule has 0 aliphatic heterocycles. The zero-order valence-corrected chi connectivity index (χ0v) is 16.6. The molecule has 0 heterocycles. The summed E-state index contributed by atoms with van der Waals surface area (Å²) >= 11 is 0. The minimum absolute atomic E-state index is 0.0382. The van der Waals surface area contributed by atoms with Crippen molar-refractivity contribution in [3.8, 4) is 18.1 Å². The van der Waals surface area contributed by atoms with Gasteiger partial charge < -0.3 is 10.1 Å². The number of ether oxygens (including phenoxy) is 1. The van der Waals surface area contributed by atoms with Crippen molar-refractivity contribution in [2.45, 2.75) is 12.8 Å². The SMILES string of the molecule is C#CCOc1ccc2ccccc2c1C=NNC(=O)CCC(=O)Nc1ccc(F)cc1. The van der Waals surface area contributed by atoms with Crippen molar-refractivity contribution in [2.24, 2.45) is 5.10 Å². The number of halogens is 1. The van der Waals surface area contributed by atoms with Gasteiger partial charge in [0.2, 0.25) is 11.8 Å². The minimum atomic E-state index is -0.420. The van der Waals surface area contributed by atoms with Gasteiger partial charge in [-0.05, 0) is 41.1 Å². The summed E-state index contributed by atoms with van der Waals surface area (Å²) in [4.78, 5) is 24.0. The van der Waals surface area contributed by atoms with E-state index < -0.39 is 11.7 Å². The first-order valence-electron chi connectivity index (χ1n) is 9.52. The van der Waals surface area contributed by atoms with E-state index in [4.69, 9.17) is 11.2 Å². The number of rotatable bonds is 8. The van der Waals surface area contributed by atoms with E-state index in [1.807, 2.05) is 30.3 Å². The zero-order valence-electron chi connectivity index (χ0n) is 16.6. The van der Waals surface area contributed by atoms with Crippen LogP contribution in [0.5, 0.6) is 5.75 Å². The molecule has 0 bridgehead atoms. The molecular formula is C24H20FN3O3. The molecule has 3 aromatic carbocycles. The molecule has 0 saturated heterocycles. The molecule has 6 nitrogen and oxygen atoms in total. The maximum Gasteiger partial charge on any atom is 0.240 e. The van der Waals surface area contributed by atoms with E-state index in [0.29, 0.717) is 17.0 Å². The lowest BCUT2D eigenvalue weighted by Crippen LogP contribution is -2.20. The van der Waals surface area contributed by atoms with Gasteiger partial charge in [0.25, 0.3) is 0 Å². The quantitative estimate of drug-likeness (QED) is 0.332. The van der Waals surface area contributed by atoms with Crippen molar-refractivity contribution < 1.29 is 18.7 Å². The third kappa shape index (κ3) is 6.15. The average Bonchev–Trinajstić information content (AvgIpc) is 2.78. The molecular weight excluding hydrogens is 397 g/mol. The van der Waals surface area contributed by atoms with Crippen LogP contribution in [0.4, 0.5) is 10.1 Å². The number of fused-ring (bicyclic) bond motifs is 1. The molecule has 3 rings (SSSR count). The average molecular weight is 417 g/mol. The van der Waals surface area contributed by atoms with Crippen LogP contribution in [0.2, 0.25) is 0 Å². The molecule has 31 heavy (non-hydrogen) atoms. The van der Waals surface area contributed by atoms with Gasteiger partial charge in [0.15, 0.2) is 0 Å². The van der Waals surface area contributed by atoms with Gasteiger partial charge in [-0.2, -0.15) is 5.10 Å². The Morgan fingerprint density at radius 2 is 1.77 bits per heavy atom. The second-order valence-corrected chi connectivity index (χ2v) is 6.54. The first kappa shape index (κ1) is 21.5. The highest BCUT2D eigenvalue weighted by Gasteiger charge is 2.09. The Bertz CT molecular complexity index is 1150. The molecule has 0 unspecified atom stereocenters. The Morgan fingerprint density at radius 1 is 1.03 bits per heavy atom. The summed E-state index contributed by atoms with van der Waals surface area (Å²) in [5, 5.41) is 8.48. The van der Waals surface area contributed by atoms with Gasteiger partial charge in [-0.3, -0.25) is 9.59 Å².